The Morgan fingerprint density at radius 3 is 2.48 bits per heavy atom. The lowest BCUT2D eigenvalue weighted by molar-refractivity contribution is 0.221. The Hall–Kier alpha value is -2.94. The van der Waals surface area contributed by atoms with Crippen LogP contribution in [0.1, 0.15) is 45.1 Å². The van der Waals surface area contributed by atoms with Crippen molar-refractivity contribution in [2.24, 2.45) is 0 Å². The molecule has 1 fully saturated rings. The molecule has 0 saturated heterocycles. The fraction of sp³-hybridized carbons (Fsp3) is 0.545. The largest absolute Gasteiger partial charge is 0.384 e. The summed E-state index contributed by atoms with van der Waals surface area (Å²) in [6, 6.07) is 4.35. The highest BCUT2D eigenvalue weighted by molar-refractivity contribution is 6.05. The molecule has 2 amide bonds. The van der Waals surface area contributed by atoms with Gasteiger partial charge in [0.1, 0.15) is 11.6 Å². The van der Waals surface area contributed by atoms with Crippen molar-refractivity contribution >= 4 is 29.3 Å². The smallest absolute Gasteiger partial charge is 0.330 e. The minimum Gasteiger partial charge on any atom is -0.384 e. The van der Waals surface area contributed by atoms with Gasteiger partial charge in [-0.1, -0.05) is 0 Å². The Morgan fingerprint density at radius 1 is 1.13 bits per heavy atom. The van der Waals surface area contributed by atoms with Gasteiger partial charge in [-0.15, -0.1) is 0 Å². The number of pyridine rings is 1. The Morgan fingerprint density at radius 2 is 1.87 bits per heavy atom. The van der Waals surface area contributed by atoms with Crippen molar-refractivity contribution in [1.29, 1.82) is 0 Å². The molecule has 9 nitrogen and oxygen atoms in total. The second kappa shape index (κ2) is 8.66. The maximum atomic E-state index is 13.3. The number of amides is 2. The van der Waals surface area contributed by atoms with Gasteiger partial charge in [-0.05, 0) is 65.8 Å². The van der Waals surface area contributed by atoms with E-state index in [4.69, 9.17) is 10.7 Å². The molecule has 0 unspecified atom stereocenters. The van der Waals surface area contributed by atoms with Crippen LogP contribution in [-0.4, -0.2) is 58.1 Å². The Labute approximate surface area is 183 Å². The highest BCUT2D eigenvalue weighted by atomic mass is 16.2. The SMILES string of the molecule is CC(C)N1C(=O)N(c2ccc(N)nc2)Cc2cnc(NC3CCC(N(C)C)CC3)nc21. The number of urea groups is 1. The molecule has 0 bridgehead atoms. The predicted molar refractivity (Wildman–Crippen MR) is 123 cm³/mol. The molecule has 0 atom stereocenters. The van der Waals surface area contributed by atoms with E-state index in [-0.39, 0.29) is 12.1 Å². The van der Waals surface area contributed by atoms with Crippen LogP contribution in [0.25, 0.3) is 0 Å². The van der Waals surface area contributed by atoms with Crippen LogP contribution in [0.5, 0.6) is 0 Å². The first kappa shape index (κ1) is 21.3. The minimum atomic E-state index is -0.120. The van der Waals surface area contributed by atoms with Crippen LogP contribution in [0.15, 0.2) is 24.5 Å². The lowest BCUT2D eigenvalue weighted by atomic mass is 9.91. The average Bonchev–Trinajstić information content (AvgIpc) is 2.74. The molecule has 9 heteroatoms. The molecule has 3 heterocycles. The molecule has 1 aliphatic heterocycles. The van der Waals surface area contributed by atoms with E-state index in [0.29, 0.717) is 41.9 Å². The molecule has 1 aliphatic carbocycles. The van der Waals surface area contributed by atoms with E-state index in [0.717, 1.165) is 31.2 Å². The third kappa shape index (κ3) is 4.41. The van der Waals surface area contributed by atoms with Crippen molar-refractivity contribution in [2.75, 3.05) is 34.9 Å². The van der Waals surface area contributed by atoms with Crippen LogP contribution in [0.3, 0.4) is 0 Å². The molecule has 166 valence electrons. The molecule has 1 saturated carbocycles. The average molecular weight is 425 g/mol. The second-order valence-electron chi connectivity index (χ2n) is 8.93. The minimum absolute atomic E-state index is 0.0472. The Balaban J connectivity index is 1.55. The van der Waals surface area contributed by atoms with Crippen molar-refractivity contribution in [3.63, 3.8) is 0 Å². The highest BCUT2D eigenvalue weighted by Gasteiger charge is 2.35. The van der Waals surface area contributed by atoms with Crippen molar-refractivity contribution in [3.8, 4) is 0 Å². The lowest BCUT2D eigenvalue weighted by Crippen LogP contribution is -2.51. The van der Waals surface area contributed by atoms with E-state index < -0.39 is 0 Å². The summed E-state index contributed by atoms with van der Waals surface area (Å²) in [6.45, 7) is 4.38. The van der Waals surface area contributed by atoms with Gasteiger partial charge >= 0.3 is 6.03 Å². The summed E-state index contributed by atoms with van der Waals surface area (Å²) in [5.41, 5.74) is 7.32. The zero-order valence-corrected chi connectivity index (χ0v) is 18.7. The van der Waals surface area contributed by atoms with E-state index in [1.165, 1.54) is 0 Å². The molecule has 0 radical (unpaired) electrons. The summed E-state index contributed by atoms with van der Waals surface area (Å²) in [5.74, 6) is 1.69. The highest BCUT2D eigenvalue weighted by Crippen LogP contribution is 2.32. The summed E-state index contributed by atoms with van der Waals surface area (Å²) < 4.78 is 0. The summed E-state index contributed by atoms with van der Waals surface area (Å²) in [6.07, 6.45) is 7.96. The fourth-order valence-corrected chi connectivity index (χ4v) is 4.39. The number of nitrogens with zero attached hydrogens (tertiary/aromatic N) is 6. The van der Waals surface area contributed by atoms with E-state index in [9.17, 15) is 4.79 Å². The van der Waals surface area contributed by atoms with Gasteiger partial charge in [-0.25, -0.2) is 14.8 Å². The fourth-order valence-electron chi connectivity index (χ4n) is 4.39. The van der Waals surface area contributed by atoms with Crippen LogP contribution in [0, 0.1) is 0 Å². The van der Waals surface area contributed by atoms with Crippen molar-refractivity contribution in [1.82, 2.24) is 19.9 Å². The monoisotopic (exact) mass is 424 g/mol. The molecule has 0 aromatic carbocycles. The number of aromatic nitrogens is 3. The number of carbonyl (C=O) groups is 1. The third-order valence-corrected chi connectivity index (χ3v) is 6.19. The number of nitrogens with one attached hydrogen (secondary N) is 1. The first-order valence-electron chi connectivity index (χ1n) is 10.9. The molecule has 3 N–H and O–H groups in total. The number of rotatable bonds is 5. The van der Waals surface area contributed by atoms with Crippen LogP contribution in [-0.2, 0) is 6.54 Å². The molecule has 2 aromatic heterocycles. The maximum Gasteiger partial charge on any atom is 0.330 e. The second-order valence-corrected chi connectivity index (χ2v) is 8.93. The van der Waals surface area contributed by atoms with Gasteiger partial charge in [-0.2, -0.15) is 4.98 Å². The third-order valence-electron chi connectivity index (χ3n) is 6.19. The predicted octanol–water partition coefficient (Wildman–Crippen LogP) is 3.09. The van der Waals surface area contributed by atoms with Gasteiger partial charge < -0.3 is 16.0 Å². The van der Waals surface area contributed by atoms with Gasteiger partial charge in [0.25, 0.3) is 0 Å². The van der Waals surface area contributed by atoms with Gasteiger partial charge in [0.2, 0.25) is 5.95 Å². The first-order chi connectivity index (χ1) is 14.8. The molecular weight excluding hydrogens is 392 g/mol. The maximum absolute atomic E-state index is 13.3. The van der Waals surface area contributed by atoms with Gasteiger partial charge in [0.15, 0.2) is 0 Å². The normalized spacial score (nSPS) is 21.5. The number of nitrogen functional groups attached to an aromatic ring is 1. The molecule has 4 rings (SSSR count). The summed E-state index contributed by atoms with van der Waals surface area (Å²) in [4.78, 5) is 32.5. The van der Waals surface area contributed by atoms with E-state index in [1.54, 1.807) is 22.1 Å². The molecule has 0 spiro atoms. The number of fused-ring (bicyclic) bond motifs is 1. The van der Waals surface area contributed by atoms with Crippen LogP contribution in [0.4, 0.5) is 28.1 Å². The Bertz CT molecular complexity index is 922. The number of carbonyl (C=O) groups excluding carboxylic acids is 1. The van der Waals surface area contributed by atoms with Gasteiger partial charge in [0, 0.05) is 29.9 Å². The lowest BCUT2D eigenvalue weighted by Gasteiger charge is -2.38. The number of nitrogens with two attached hydrogens (primary N) is 1. The van der Waals surface area contributed by atoms with Crippen LogP contribution < -0.4 is 20.9 Å². The molecule has 2 aliphatic rings. The van der Waals surface area contributed by atoms with Gasteiger partial charge in [0.05, 0.1) is 18.4 Å². The zero-order valence-electron chi connectivity index (χ0n) is 18.7. The van der Waals surface area contributed by atoms with Crippen molar-refractivity contribution in [2.45, 2.75) is 64.2 Å². The number of hydrogen-bond acceptors (Lipinski definition) is 7. The standard InChI is InChI=1S/C22H32N8O/c1-14(2)30-20-15(13-29(22(30)31)18-9-10-19(23)24-12-18)11-25-21(27-20)26-16-5-7-17(8-6-16)28(3)4/h9-12,14,16-17H,5-8,13H2,1-4H3,(H2,23,24)(H,25,26,27). The van der Waals surface area contributed by atoms with Crippen LogP contribution >= 0.6 is 0 Å². The zero-order chi connectivity index (χ0) is 22.1. The van der Waals surface area contributed by atoms with E-state index in [2.05, 4.69) is 34.3 Å². The summed E-state index contributed by atoms with van der Waals surface area (Å²) in [7, 11) is 4.29. The summed E-state index contributed by atoms with van der Waals surface area (Å²) >= 11 is 0. The molecule has 2 aromatic rings. The Kier molecular flexibility index (Phi) is 5.95. The van der Waals surface area contributed by atoms with Crippen LogP contribution in [0.2, 0.25) is 0 Å². The number of anilines is 4. The number of hydrogen-bond donors (Lipinski definition) is 2. The molecular formula is C22H32N8O. The van der Waals surface area contributed by atoms with E-state index >= 15 is 0 Å². The quantitative estimate of drug-likeness (QED) is 0.760. The van der Waals surface area contributed by atoms with E-state index in [1.807, 2.05) is 26.1 Å². The van der Waals surface area contributed by atoms with Gasteiger partial charge in [-0.3, -0.25) is 9.80 Å². The van der Waals surface area contributed by atoms with Crippen molar-refractivity contribution < 1.29 is 4.79 Å². The topological polar surface area (TPSA) is 104 Å². The first-order valence-corrected chi connectivity index (χ1v) is 10.9. The van der Waals surface area contributed by atoms with Crippen molar-refractivity contribution in [3.05, 3.63) is 30.1 Å². The summed E-state index contributed by atoms with van der Waals surface area (Å²) in [5, 5.41) is 3.50. The molecule has 31 heavy (non-hydrogen) atoms.